The standard InChI is InChI=1S/C6H14N2O/c1-3-4-9-8-5-6(2)7/h5-6H,3-4,7H2,1-2H3/b8-5+. The Balaban J connectivity index is 3.04. The average molecular weight is 130 g/mol. The van der Waals surface area contributed by atoms with E-state index < -0.39 is 0 Å². The van der Waals surface area contributed by atoms with Crippen molar-refractivity contribution in [1.29, 1.82) is 0 Å². The minimum Gasteiger partial charge on any atom is -0.396 e. The highest BCUT2D eigenvalue weighted by Gasteiger charge is 1.83. The van der Waals surface area contributed by atoms with Gasteiger partial charge in [-0.2, -0.15) is 0 Å². The lowest BCUT2D eigenvalue weighted by molar-refractivity contribution is 0.146. The molecule has 0 aliphatic heterocycles. The van der Waals surface area contributed by atoms with Gasteiger partial charge in [0.15, 0.2) is 0 Å². The Morgan fingerprint density at radius 2 is 2.44 bits per heavy atom. The van der Waals surface area contributed by atoms with Crippen molar-refractivity contribution in [3.8, 4) is 0 Å². The first-order valence-corrected chi connectivity index (χ1v) is 3.18. The van der Waals surface area contributed by atoms with E-state index in [4.69, 9.17) is 10.6 Å². The zero-order valence-electron chi connectivity index (χ0n) is 6.00. The van der Waals surface area contributed by atoms with Crippen molar-refractivity contribution in [2.75, 3.05) is 6.61 Å². The van der Waals surface area contributed by atoms with Crippen molar-refractivity contribution in [1.82, 2.24) is 0 Å². The summed E-state index contributed by atoms with van der Waals surface area (Å²) < 4.78 is 0. The number of oxime groups is 1. The van der Waals surface area contributed by atoms with Gasteiger partial charge in [0.05, 0.1) is 6.21 Å². The van der Waals surface area contributed by atoms with E-state index >= 15 is 0 Å². The fourth-order valence-electron chi connectivity index (χ4n) is 0.283. The third-order valence-corrected chi connectivity index (χ3v) is 0.666. The zero-order valence-corrected chi connectivity index (χ0v) is 6.00. The first-order valence-electron chi connectivity index (χ1n) is 3.18. The molecule has 0 fully saturated rings. The van der Waals surface area contributed by atoms with E-state index in [1.54, 1.807) is 6.21 Å². The highest BCUT2D eigenvalue weighted by molar-refractivity contribution is 5.62. The Bertz CT molecular complexity index is 81.1. The summed E-state index contributed by atoms with van der Waals surface area (Å²) in [6, 6.07) is -0.0122. The van der Waals surface area contributed by atoms with Gasteiger partial charge >= 0.3 is 0 Å². The average Bonchev–Trinajstić information content (AvgIpc) is 1.80. The molecule has 0 heterocycles. The summed E-state index contributed by atoms with van der Waals surface area (Å²) in [5, 5.41) is 3.61. The predicted octanol–water partition coefficient (Wildman–Crippen LogP) is 0.746. The molecule has 0 aromatic carbocycles. The second kappa shape index (κ2) is 5.56. The van der Waals surface area contributed by atoms with E-state index in [0.29, 0.717) is 6.61 Å². The topological polar surface area (TPSA) is 47.6 Å². The van der Waals surface area contributed by atoms with Crippen LogP contribution in [0.15, 0.2) is 5.16 Å². The molecule has 9 heavy (non-hydrogen) atoms. The molecule has 1 atom stereocenters. The first kappa shape index (κ1) is 8.43. The van der Waals surface area contributed by atoms with Crippen LogP contribution in [-0.2, 0) is 4.84 Å². The molecule has 0 aliphatic rings. The van der Waals surface area contributed by atoms with Gasteiger partial charge in [0, 0.05) is 6.04 Å². The summed E-state index contributed by atoms with van der Waals surface area (Å²) in [5.41, 5.74) is 5.35. The highest BCUT2D eigenvalue weighted by Crippen LogP contribution is 1.79. The molecule has 0 saturated carbocycles. The molecule has 0 amide bonds. The second-order valence-electron chi connectivity index (χ2n) is 1.95. The maximum absolute atomic E-state index is 5.35. The van der Waals surface area contributed by atoms with Crippen LogP contribution in [0.25, 0.3) is 0 Å². The lowest BCUT2D eigenvalue weighted by atomic mass is 10.4. The van der Waals surface area contributed by atoms with Crippen LogP contribution in [0.4, 0.5) is 0 Å². The molecule has 1 unspecified atom stereocenters. The predicted molar refractivity (Wildman–Crippen MR) is 38.4 cm³/mol. The summed E-state index contributed by atoms with van der Waals surface area (Å²) in [6.07, 6.45) is 2.56. The molecule has 0 radical (unpaired) electrons. The normalized spacial score (nSPS) is 14.1. The van der Waals surface area contributed by atoms with Crippen molar-refractivity contribution in [2.45, 2.75) is 26.3 Å². The molecule has 54 valence electrons. The second-order valence-corrected chi connectivity index (χ2v) is 1.95. The van der Waals surface area contributed by atoms with E-state index in [1.807, 2.05) is 13.8 Å². The molecule has 3 heteroatoms. The lowest BCUT2D eigenvalue weighted by Gasteiger charge is -1.94. The molecular weight excluding hydrogens is 116 g/mol. The van der Waals surface area contributed by atoms with Gasteiger partial charge in [-0.25, -0.2) is 0 Å². The Hall–Kier alpha value is -0.570. The van der Waals surface area contributed by atoms with Crippen molar-refractivity contribution >= 4 is 6.21 Å². The number of rotatable bonds is 4. The zero-order chi connectivity index (χ0) is 7.11. The van der Waals surface area contributed by atoms with E-state index in [2.05, 4.69) is 5.16 Å². The van der Waals surface area contributed by atoms with Crippen LogP contribution < -0.4 is 5.73 Å². The number of hydrogen-bond acceptors (Lipinski definition) is 3. The molecule has 2 N–H and O–H groups in total. The van der Waals surface area contributed by atoms with E-state index in [-0.39, 0.29) is 6.04 Å². The number of hydrogen-bond donors (Lipinski definition) is 1. The van der Waals surface area contributed by atoms with E-state index in [1.165, 1.54) is 0 Å². The van der Waals surface area contributed by atoms with Crippen LogP contribution in [0.2, 0.25) is 0 Å². The fraction of sp³-hybridized carbons (Fsp3) is 0.833. The van der Waals surface area contributed by atoms with Crippen LogP contribution >= 0.6 is 0 Å². The molecule has 0 spiro atoms. The molecular formula is C6H14N2O. The third-order valence-electron chi connectivity index (χ3n) is 0.666. The minimum absolute atomic E-state index is 0.0122. The Kier molecular flexibility index (Phi) is 5.21. The summed E-state index contributed by atoms with van der Waals surface area (Å²) >= 11 is 0. The quantitative estimate of drug-likeness (QED) is 0.347. The minimum atomic E-state index is -0.0122. The van der Waals surface area contributed by atoms with E-state index in [0.717, 1.165) is 6.42 Å². The first-order chi connectivity index (χ1) is 4.27. The Morgan fingerprint density at radius 1 is 1.78 bits per heavy atom. The van der Waals surface area contributed by atoms with Gasteiger partial charge in [0.2, 0.25) is 0 Å². The van der Waals surface area contributed by atoms with Gasteiger partial charge in [-0.3, -0.25) is 0 Å². The number of nitrogens with zero attached hydrogens (tertiary/aromatic N) is 1. The summed E-state index contributed by atoms with van der Waals surface area (Å²) in [6.45, 7) is 4.55. The molecule has 0 bridgehead atoms. The molecule has 0 aromatic heterocycles. The van der Waals surface area contributed by atoms with Gasteiger partial charge in [-0.15, -0.1) is 0 Å². The fourth-order valence-corrected chi connectivity index (χ4v) is 0.283. The number of nitrogens with two attached hydrogens (primary N) is 1. The van der Waals surface area contributed by atoms with Crippen LogP contribution in [-0.4, -0.2) is 18.9 Å². The Morgan fingerprint density at radius 3 is 2.89 bits per heavy atom. The van der Waals surface area contributed by atoms with Crippen LogP contribution in [0, 0.1) is 0 Å². The van der Waals surface area contributed by atoms with Gasteiger partial charge in [0.25, 0.3) is 0 Å². The maximum atomic E-state index is 5.35. The molecule has 0 rings (SSSR count). The van der Waals surface area contributed by atoms with Crippen LogP contribution in [0.3, 0.4) is 0 Å². The smallest absolute Gasteiger partial charge is 0.116 e. The van der Waals surface area contributed by atoms with E-state index in [9.17, 15) is 0 Å². The van der Waals surface area contributed by atoms with Crippen molar-refractivity contribution in [2.24, 2.45) is 10.9 Å². The summed E-state index contributed by atoms with van der Waals surface area (Å²) in [7, 11) is 0. The summed E-state index contributed by atoms with van der Waals surface area (Å²) in [4.78, 5) is 4.78. The molecule has 0 aliphatic carbocycles. The molecule has 0 aromatic rings. The maximum Gasteiger partial charge on any atom is 0.116 e. The van der Waals surface area contributed by atoms with Gasteiger partial charge in [0.1, 0.15) is 6.61 Å². The van der Waals surface area contributed by atoms with Crippen LogP contribution in [0.5, 0.6) is 0 Å². The SMILES string of the molecule is CCCO/N=C/C(C)N. The monoisotopic (exact) mass is 130 g/mol. The van der Waals surface area contributed by atoms with Crippen LogP contribution in [0.1, 0.15) is 20.3 Å². The molecule has 0 saturated heterocycles. The van der Waals surface area contributed by atoms with Crippen molar-refractivity contribution in [3.63, 3.8) is 0 Å². The van der Waals surface area contributed by atoms with Gasteiger partial charge < -0.3 is 10.6 Å². The largest absolute Gasteiger partial charge is 0.396 e. The summed E-state index contributed by atoms with van der Waals surface area (Å²) in [5.74, 6) is 0. The third kappa shape index (κ3) is 7.43. The molecule has 3 nitrogen and oxygen atoms in total. The van der Waals surface area contributed by atoms with Crippen molar-refractivity contribution < 1.29 is 4.84 Å². The van der Waals surface area contributed by atoms with Crippen molar-refractivity contribution in [3.05, 3.63) is 0 Å². The van der Waals surface area contributed by atoms with Gasteiger partial charge in [-0.1, -0.05) is 12.1 Å². The van der Waals surface area contributed by atoms with Gasteiger partial charge in [-0.05, 0) is 13.3 Å². The Labute approximate surface area is 55.9 Å². The highest BCUT2D eigenvalue weighted by atomic mass is 16.6. The lowest BCUT2D eigenvalue weighted by Crippen LogP contribution is -2.16.